The highest BCUT2D eigenvalue weighted by Gasteiger charge is 2.33. The number of aromatic nitrogens is 1. The van der Waals surface area contributed by atoms with E-state index in [-0.39, 0.29) is 6.04 Å². The van der Waals surface area contributed by atoms with Crippen LogP contribution < -0.4 is 4.90 Å². The lowest BCUT2D eigenvalue weighted by Gasteiger charge is -2.36. The Hall–Kier alpha value is -3.03. The van der Waals surface area contributed by atoms with Crippen LogP contribution in [0.15, 0.2) is 78.7 Å². The minimum atomic E-state index is -4.33. The molecule has 1 aromatic heterocycles. The highest BCUT2D eigenvalue weighted by atomic mass is 19.4. The van der Waals surface area contributed by atoms with Crippen LogP contribution in [0.1, 0.15) is 76.6 Å². The number of benzene rings is 1. The van der Waals surface area contributed by atoms with E-state index in [1.165, 1.54) is 23.8 Å². The van der Waals surface area contributed by atoms with Crippen LogP contribution in [0.5, 0.6) is 0 Å². The summed E-state index contributed by atoms with van der Waals surface area (Å²) in [4.78, 5) is 5.75. The van der Waals surface area contributed by atoms with E-state index >= 15 is 0 Å². The van der Waals surface area contributed by atoms with E-state index in [4.69, 9.17) is 0 Å². The van der Waals surface area contributed by atoms with Crippen molar-refractivity contribution in [1.82, 2.24) is 4.98 Å². The molecule has 0 bridgehead atoms. The number of anilines is 1. The zero-order chi connectivity index (χ0) is 30.1. The fraction of sp³-hybridized carbons (Fsp3) is 0.469. The molecular formula is C32H40F6N2. The number of hydrogen-bond donors (Lipinski definition) is 0. The Morgan fingerprint density at radius 2 is 1.55 bits per heavy atom. The predicted molar refractivity (Wildman–Crippen MR) is 151 cm³/mol. The van der Waals surface area contributed by atoms with Crippen LogP contribution in [-0.4, -0.2) is 11.0 Å². The molecule has 1 atom stereocenters. The maximum atomic E-state index is 13.1. The van der Waals surface area contributed by atoms with Gasteiger partial charge in [0.2, 0.25) is 0 Å². The molecule has 1 unspecified atom stereocenters. The van der Waals surface area contributed by atoms with Gasteiger partial charge in [0.25, 0.3) is 0 Å². The molecular weight excluding hydrogens is 526 g/mol. The molecule has 3 rings (SSSR count). The molecule has 0 amide bonds. The van der Waals surface area contributed by atoms with Gasteiger partial charge in [0, 0.05) is 29.3 Å². The second-order valence-electron chi connectivity index (χ2n) is 10.5. The predicted octanol–water partition coefficient (Wildman–Crippen LogP) is 10.6. The van der Waals surface area contributed by atoms with Crippen molar-refractivity contribution >= 4 is 5.69 Å². The van der Waals surface area contributed by atoms with Crippen molar-refractivity contribution in [2.24, 2.45) is 11.8 Å². The normalized spacial score (nSPS) is 15.4. The third-order valence-corrected chi connectivity index (χ3v) is 6.74. The summed E-state index contributed by atoms with van der Waals surface area (Å²) in [6.07, 6.45) is 3.56. The van der Waals surface area contributed by atoms with E-state index in [0.29, 0.717) is 17.5 Å². The van der Waals surface area contributed by atoms with E-state index in [2.05, 4.69) is 43.3 Å². The maximum absolute atomic E-state index is 13.1. The SMILES string of the molecule is C=C/C(=C(\C=C/C)C1CC1)N(c1ccc(C(F)(F)F)cc1)C(CC)CCC(C)C.Cc1ccc(C(F)(F)F)cn1. The van der Waals surface area contributed by atoms with Crippen LogP contribution in [0.2, 0.25) is 0 Å². The zero-order valence-corrected chi connectivity index (χ0v) is 23.9. The largest absolute Gasteiger partial charge is 0.417 e. The second-order valence-corrected chi connectivity index (χ2v) is 10.5. The van der Waals surface area contributed by atoms with Gasteiger partial charge in [0.05, 0.1) is 11.1 Å². The molecule has 0 N–H and O–H groups in total. The van der Waals surface area contributed by atoms with Crippen LogP contribution in [0.3, 0.4) is 0 Å². The second kappa shape index (κ2) is 14.6. The summed E-state index contributed by atoms with van der Waals surface area (Å²) in [6.45, 7) is 14.3. The van der Waals surface area contributed by atoms with Crippen molar-refractivity contribution in [2.45, 2.75) is 85.1 Å². The molecule has 1 aliphatic rings. The highest BCUT2D eigenvalue weighted by Crippen LogP contribution is 2.42. The third-order valence-electron chi connectivity index (χ3n) is 6.74. The first kappa shape index (κ1) is 33.2. The first-order chi connectivity index (χ1) is 18.7. The number of alkyl halides is 6. The minimum absolute atomic E-state index is 0.209. The number of hydrogen-bond acceptors (Lipinski definition) is 2. The average molecular weight is 567 g/mol. The lowest BCUT2D eigenvalue weighted by molar-refractivity contribution is -0.138. The third kappa shape index (κ3) is 9.86. The Labute approximate surface area is 234 Å². The summed E-state index contributed by atoms with van der Waals surface area (Å²) in [5, 5.41) is 0. The quantitative estimate of drug-likeness (QED) is 0.210. The summed E-state index contributed by atoms with van der Waals surface area (Å²) in [7, 11) is 0. The van der Waals surface area contributed by atoms with E-state index in [1.807, 2.05) is 19.1 Å². The number of halogens is 6. The molecule has 0 aliphatic heterocycles. The molecule has 1 aromatic carbocycles. The van der Waals surface area contributed by atoms with Crippen LogP contribution in [0.4, 0.5) is 32.0 Å². The first-order valence-electron chi connectivity index (χ1n) is 13.7. The number of allylic oxidation sites excluding steroid dienone is 4. The van der Waals surface area contributed by atoms with Gasteiger partial charge in [-0.05, 0) is 106 Å². The summed E-state index contributed by atoms with van der Waals surface area (Å²) in [6, 6.07) is 8.14. The highest BCUT2D eigenvalue weighted by molar-refractivity contribution is 5.59. The lowest BCUT2D eigenvalue weighted by Crippen LogP contribution is -2.35. The summed E-state index contributed by atoms with van der Waals surface area (Å²) < 4.78 is 74.9. The summed E-state index contributed by atoms with van der Waals surface area (Å²) >= 11 is 0. The van der Waals surface area contributed by atoms with Crippen LogP contribution in [0.25, 0.3) is 0 Å². The van der Waals surface area contributed by atoms with Crippen molar-refractivity contribution in [3.8, 4) is 0 Å². The van der Waals surface area contributed by atoms with Crippen molar-refractivity contribution in [2.75, 3.05) is 4.90 Å². The number of aryl methyl sites for hydroxylation is 1. The molecule has 1 aliphatic carbocycles. The van der Waals surface area contributed by atoms with Crippen molar-refractivity contribution in [3.63, 3.8) is 0 Å². The molecule has 220 valence electrons. The zero-order valence-electron chi connectivity index (χ0n) is 23.9. The van der Waals surface area contributed by atoms with Gasteiger partial charge in [-0.25, -0.2) is 0 Å². The summed E-state index contributed by atoms with van der Waals surface area (Å²) in [5.41, 5.74) is 2.33. The fourth-order valence-electron chi connectivity index (χ4n) is 4.39. The van der Waals surface area contributed by atoms with Crippen LogP contribution >= 0.6 is 0 Å². The molecule has 1 saturated carbocycles. The van der Waals surface area contributed by atoms with Gasteiger partial charge in [0.1, 0.15) is 0 Å². The van der Waals surface area contributed by atoms with Gasteiger partial charge in [-0.15, -0.1) is 0 Å². The monoisotopic (exact) mass is 566 g/mol. The van der Waals surface area contributed by atoms with E-state index < -0.39 is 23.5 Å². The molecule has 0 saturated heterocycles. The molecule has 8 heteroatoms. The van der Waals surface area contributed by atoms with Gasteiger partial charge in [0.15, 0.2) is 0 Å². The molecule has 0 radical (unpaired) electrons. The van der Waals surface area contributed by atoms with Crippen molar-refractivity contribution < 1.29 is 26.3 Å². The van der Waals surface area contributed by atoms with E-state index in [1.54, 1.807) is 19.1 Å². The molecule has 1 heterocycles. The minimum Gasteiger partial charge on any atom is -0.338 e. The number of pyridine rings is 1. The Morgan fingerprint density at radius 1 is 0.975 bits per heavy atom. The van der Waals surface area contributed by atoms with Crippen molar-refractivity contribution in [3.05, 3.63) is 95.5 Å². The van der Waals surface area contributed by atoms with E-state index in [0.717, 1.165) is 55.8 Å². The maximum Gasteiger partial charge on any atom is 0.417 e. The molecule has 40 heavy (non-hydrogen) atoms. The Morgan fingerprint density at radius 3 is 1.95 bits per heavy atom. The Bertz CT molecular complexity index is 1120. The standard InChI is InChI=1S/C25H34F3N.C7H6F3N/c1-6-9-23(19-11-12-19)24(8-3)29(21(7-2)15-10-18(4)5)22-16-13-20(14-17-22)25(26,27)28;1-5-2-3-6(4-11-5)7(8,9)10/h6,8-9,13-14,16-19,21H,3,7,10-12,15H2,1-2,4-5H3;2-4H,1H3/b9-6-,24-23-;. The average Bonchev–Trinajstić information content (AvgIpc) is 3.72. The molecule has 1 fully saturated rings. The van der Waals surface area contributed by atoms with Gasteiger partial charge < -0.3 is 4.90 Å². The van der Waals surface area contributed by atoms with Crippen molar-refractivity contribution in [1.29, 1.82) is 0 Å². The van der Waals surface area contributed by atoms with Gasteiger partial charge in [-0.2, -0.15) is 26.3 Å². The number of rotatable bonds is 10. The molecule has 0 spiro atoms. The van der Waals surface area contributed by atoms with E-state index in [9.17, 15) is 26.3 Å². The fourth-order valence-corrected chi connectivity index (χ4v) is 4.39. The Kier molecular flexibility index (Phi) is 12.1. The lowest BCUT2D eigenvalue weighted by atomic mass is 9.97. The first-order valence-corrected chi connectivity index (χ1v) is 13.7. The van der Waals surface area contributed by atoms with Crippen LogP contribution in [0, 0.1) is 18.8 Å². The number of nitrogens with zero attached hydrogens (tertiary/aromatic N) is 2. The topological polar surface area (TPSA) is 16.1 Å². The summed E-state index contributed by atoms with van der Waals surface area (Å²) in [5.74, 6) is 1.09. The van der Waals surface area contributed by atoms with Gasteiger partial charge in [-0.3, -0.25) is 4.98 Å². The van der Waals surface area contributed by atoms with Gasteiger partial charge in [-0.1, -0.05) is 39.5 Å². The van der Waals surface area contributed by atoms with Crippen LogP contribution in [-0.2, 0) is 12.4 Å². The van der Waals surface area contributed by atoms with Gasteiger partial charge >= 0.3 is 12.4 Å². The smallest absolute Gasteiger partial charge is 0.338 e. The Balaban J connectivity index is 0.000000425. The molecule has 2 nitrogen and oxygen atoms in total. The molecule has 2 aromatic rings.